The van der Waals surface area contributed by atoms with Crippen LogP contribution in [0.25, 0.3) is 0 Å². The fourth-order valence-electron chi connectivity index (χ4n) is 6.00. The molecular formula is C20H29N. The average molecular weight is 283 g/mol. The van der Waals surface area contributed by atoms with Gasteiger partial charge in [-0.05, 0) is 86.7 Å². The van der Waals surface area contributed by atoms with E-state index in [1.165, 1.54) is 30.4 Å². The first-order valence-corrected chi connectivity index (χ1v) is 8.92. The van der Waals surface area contributed by atoms with Gasteiger partial charge in [-0.1, -0.05) is 24.3 Å². The fourth-order valence-corrected chi connectivity index (χ4v) is 6.00. The summed E-state index contributed by atoms with van der Waals surface area (Å²) in [5.41, 5.74) is 3.51. The predicted octanol–water partition coefficient (Wildman–Crippen LogP) is 4.69. The van der Waals surface area contributed by atoms with Gasteiger partial charge in [-0.25, -0.2) is 0 Å². The molecule has 4 saturated carbocycles. The van der Waals surface area contributed by atoms with E-state index in [0.717, 1.165) is 24.3 Å². The first kappa shape index (κ1) is 13.8. The Bertz CT molecular complexity index is 483. The quantitative estimate of drug-likeness (QED) is 0.845. The van der Waals surface area contributed by atoms with E-state index in [0.29, 0.717) is 11.5 Å². The van der Waals surface area contributed by atoms with Crippen molar-refractivity contribution in [2.24, 2.45) is 23.2 Å². The van der Waals surface area contributed by atoms with E-state index < -0.39 is 0 Å². The molecule has 1 nitrogen and oxygen atoms in total. The van der Waals surface area contributed by atoms with E-state index in [1.807, 2.05) is 0 Å². The lowest BCUT2D eigenvalue weighted by Crippen LogP contribution is -2.54. The standard InChI is InChI=1S/C20H29N/c1-14-5-3-4-6-19(14)13-21-15(2)20-10-16-7-17(11-20)9-18(8-16)12-20/h3-6,15-18,21H,7-13H2,1-2H3. The van der Waals surface area contributed by atoms with E-state index in [2.05, 4.69) is 43.4 Å². The summed E-state index contributed by atoms with van der Waals surface area (Å²) in [5, 5.41) is 3.90. The van der Waals surface area contributed by atoms with Crippen LogP contribution in [0.2, 0.25) is 0 Å². The first-order valence-electron chi connectivity index (χ1n) is 8.92. The highest BCUT2D eigenvalue weighted by Crippen LogP contribution is 2.61. The normalized spacial score (nSPS) is 38.7. The van der Waals surface area contributed by atoms with Crippen molar-refractivity contribution in [1.29, 1.82) is 0 Å². The molecule has 1 aromatic carbocycles. The van der Waals surface area contributed by atoms with Crippen molar-refractivity contribution in [3.63, 3.8) is 0 Å². The molecule has 5 rings (SSSR count). The van der Waals surface area contributed by atoms with E-state index in [9.17, 15) is 0 Å². The number of rotatable bonds is 4. The van der Waals surface area contributed by atoms with Gasteiger partial charge in [0.15, 0.2) is 0 Å². The largest absolute Gasteiger partial charge is 0.310 e. The Morgan fingerprint density at radius 2 is 1.62 bits per heavy atom. The van der Waals surface area contributed by atoms with Crippen LogP contribution < -0.4 is 5.32 Å². The maximum Gasteiger partial charge on any atom is 0.0210 e. The van der Waals surface area contributed by atoms with Crippen molar-refractivity contribution in [3.8, 4) is 0 Å². The molecule has 4 aliphatic carbocycles. The van der Waals surface area contributed by atoms with Crippen LogP contribution in [0, 0.1) is 30.1 Å². The minimum atomic E-state index is 0.622. The molecular weight excluding hydrogens is 254 g/mol. The number of aryl methyl sites for hydroxylation is 1. The maximum atomic E-state index is 3.90. The van der Waals surface area contributed by atoms with Gasteiger partial charge in [-0.15, -0.1) is 0 Å². The molecule has 4 bridgehead atoms. The van der Waals surface area contributed by atoms with Crippen molar-refractivity contribution < 1.29 is 0 Å². The lowest BCUT2D eigenvalue weighted by molar-refractivity contribution is -0.0706. The molecule has 0 saturated heterocycles. The van der Waals surface area contributed by atoms with E-state index in [1.54, 1.807) is 19.3 Å². The molecule has 0 heterocycles. The Morgan fingerprint density at radius 1 is 1.05 bits per heavy atom. The molecule has 1 unspecified atom stereocenters. The second-order valence-corrected chi connectivity index (χ2v) is 8.31. The van der Waals surface area contributed by atoms with Gasteiger partial charge in [0, 0.05) is 12.6 Å². The van der Waals surface area contributed by atoms with Gasteiger partial charge in [-0.2, -0.15) is 0 Å². The van der Waals surface area contributed by atoms with Gasteiger partial charge in [-0.3, -0.25) is 0 Å². The molecule has 1 atom stereocenters. The van der Waals surface area contributed by atoms with Crippen molar-refractivity contribution in [1.82, 2.24) is 5.32 Å². The van der Waals surface area contributed by atoms with Crippen LogP contribution in [0.1, 0.15) is 56.6 Å². The molecule has 0 amide bonds. The van der Waals surface area contributed by atoms with Crippen LogP contribution in [0.3, 0.4) is 0 Å². The summed E-state index contributed by atoms with van der Waals surface area (Å²) in [5.74, 6) is 3.16. The zero-order valence-corrected chi connectivity index (χ0v) is 13.6. The van der Waals surface area contributed by atoms with E-state index >= 15 is 0 Å². The Kier molecular flexibility index (Phi) is 3.37. The molecule has 0 spiro atoms. The van der Waals surface area contributed by atoms with Crippen LogP contribution in [0.4, 0.5) is 0 Å². The maximum absolute atomic E-state index is 3.90. The fraction of sp³-hybridized carbons (Fsp3) is 0.700. The van der Waals surface area contributed by atoms with Gasteiger partial charge in [0.25, 0.3) is 0 Å². The van der Waals surface area contributed by atoms with Crippen molar-refractivity contribution in [2.75, 3.05) is 0 Å². The summed E-state index contributed by atoms with van der Waals surface area (Å²) in [6.45, 7) is 5.73. The van der Waals surface area contributed by atoms with Gasteiger partial charge < -0.3 is 5.32 Å². The second kappa shape index (κ2) is 5.12. The molecule has 1 aromatic rings. The third-order valence-electron chi connectivity index (χ3n) is 6.86. The van der Waals surface area contributed by atoms with Crippen molar-refractivity contribution >= 4 is 0 Å². The average Bonchev–Trinajstić information content (AvgIpc) is 2.44. The Morgan fingerprint density at radius 3 is 2.19 bits per heavy atom. The van der Waals surface area contributed by atoms with Crippen LogP contribution in [-0.4, -0.2) is 6.04 Å². The van der Waals surface area contributed by atoms with Gasteiger partial charge in [0.2, 0.25) is 0 Å². The number of benzene rings is 1. The van der Waals surface area contributed by atoms with Crippen LogP contribution in [0.5, 0.6) is 0 Å². The van der Waals surface area contributed by atoms with E-state index in [-0.39, 0.29) is 0 Å². The summed E-state index contributed by atoms with van der Waals surface area (Å²) in [7, 11) is 0. The van der Waals surface area contributed by atoms with Crippen molar-refractivity contribution in [2.45, 2.75) is 65.0 Å². The highest BCUT2D eigenvalue weighted by molar-refractivity contribution is 5.25. The summed E-state index contributed by atoms with van der Waals surface area (Å²) in [6, 6.07) is 9.48. The first-order chi connectivity index (χ1) is 10.1. The zero-order chi connectivity index (χ0) is 14.4. The topological polar surface area (TPSA) is 12.0 Å². The van der Waals surface area contributed by atoms with Gasteiger partial charge >= 0.3 is 0 Å². The second-order valence-electron chi connectivity index (χ2n) is 8.31. The molecule has 21 heavy (non-hydrogen) atoms. The third kappa shape index (κ3) is 2.44. The molecule has 4 fully saturated rings. The minimum absolute atomic E-state index is 0.622. The van der Waals surface area contributed by atoms with Crippen LogP contribution in [-0.2, 0) is 6.54 Å². The van der Waals surface area contributed by atoms with Gasteiger partial charge in [0.05, 0.1) is 0 Å². The van der Waals surface area contributed by atoms with Gasteiger partial charge in [0.1, 0.15) is 0 Å². The Balaban J connectivity index is 1.45. The Labute approximate surface area is 129 Å². The molecule has 4 aliphatic rings. The Hall–Kier alpha value is -0.820. The summed E-state index contributed by atoms with van der Waals surface area (Å²) in [6.07, 6.45) is 9.14. The predicted molar refractivity (Wildman–Crippen MR) is 88.1 cm³/mol. The lowest BCUT2D eigenvalue weighted by Gasteiger charge is -2.59. The van der Waals surface area contributed by atoms with E-state index in [4.69, 9.17) is 0 Å². The molecule has 114 valence electrons. The SMILES string of the molecule is Cc1ccccc1CNC(C)C12CC3CC(CC(C3)C1)C2. The third-order valence-corrected chi connectivity index (χ3v) is 6.86. The lowest BCUT2D eigenvalue weighted by atomic mass is 9.48. The molecule has 1 heteroatoms. The van der Waals surface area contributed by atoms with Crippen LogP contribution in [0.15, 0.2) is 24.3 Å². The molecule has 1 N–H and O–H groups in total. The summed E-state index contributed by atoms with van der Waals surface area (Å²) < 4.78 is 0. The number of hydrogen-bond acceptors (Lipinski definition) is 1. The minimum Gasteiger partial charge on any atom is -0.310 e. The number of nitrogens with one attached hydrogen (secondary N) is 1. The van der Waals surface area contributed by atoms with Crippen LogP contribution >= 0.6 is 0 Å². The number of hydrogen-bond donors (Lipinski definition) is 1. The molecule has 0 radical (unpaired) electrons. The zero-order valence-electron chi connectivity index (χ0n) is 13.6. The highest BCUT2D eigenvalue weighted by Gasteiger charge is 2.52. The highest BCUT2D eigenvalue weighted by atomic mass is 14.9. The monoisotopic (exact) mass is 283 g/mol. The van der Waals surface area contributed by atoms with Crippen molar-refractivity contribution in [3.05, 3.63) is 35.4 Å². The summed E-state index contributed by atoms with van der Waals surface area (Å²) in [4.78, 5) is 0. The molecule has 0 aliphatic heterocycles. The molecule has 0 aromatic heterocycles. The summed E-state index contributed by atoms with van der Waals surface area (Å²) >= 11 is 0. The smallest absolute Gasteiger partial charge is 0.0210 e.